The summed E-state index contributed by atoms with van der Waals surface area (Å²) >= 11 is 0. The number of nitriles is 1. The third-order valence-corrected chi connectivity index (χ3v) is 10.7. The lowest BCUT2D eigenvalue weighted by Gasteiger charge is -2.46. The summed E-state index contributed by atoms with van der Waals surface area (Å²) in [4.78, 5) is 14.3. The fourth-order valence-electron chi connectivity index (χ4n) is 8.41. The highest BCUT2D eigenvalue weighted by Gasteiger charge is 2.56. The molecule has 4 aliphatic heterocycles. The second kappa shape index (κ2) is 9.25. The Balaban J connectivity index is 1.18. The highest BCUT2D eigenvalue weighted by atomic mass is 19.1. The first-order chi connectivity index (χ1) is 19.9. The van der Waals surface area contributed by atoms with Gasteiger partial charge in [0.2, 0.25) is 0 Å². The Hall–Kier alpha value is -3.00. The van der Waals surface area contributed by atoms with E-state index in [0.717, 1.165) is 87.3 Å². The molecule has 3 saturated heterocycles. The molecule has 216 valence electrons. The number of rotatable bonds is 4. The Labute approximate surface area is 239 Å². The fourth-order valence-corrected chi connectivity index (χ4v) is 8.41. The van der Waals surface area contributed by atoms with E-state index in [1.165, 1.54) is 5.56 Å². The first-order valence-corrected chi connectivity index (χ1v) is 15.2. The Morgan fingerprint density at radius 2 is 2.02 bits per heavy atom. The summed E-state index contributed by atoms with van der Waals surface area (Å²) in [6.07, 6.45) is 7.22. The molecule has 9 nitrogen and oxygen atoms in total. The van der Waals surface area contributed by atoms with Crippen molar-refractivity contribution in [2.75, 3.05) is 50.2 Å². The predicted octanol–water partition coefficient (Wildman–Crippen LogP) is 3.86. The molecule has 4 fully saturated rings. The van der Waals surface area contributed by atoms with Crippen molar-refractivity contribution in [3.05, 3.63) is 40.1 Å². The molecule has 8 rings (SSSR count). The van der Waals surface area contributed by atoms with Gasteiger partial charge in [-0.1, -0.05) is 6.07 Å². The molecular weight excluding hydrogens is 523 g/mol. The van der Waals surface area contributed by atoms with E-state index in [4.69, 9.17) is 29.9 Å². The van der Waals surface area contributed by atoms with Crippen LogP contribution < -0.4 is 15.4 Å². The van der Waals surface area contributed by atoms with Crippen LogP contribution in [0.2, 0.25) is 0 Å². The number of halogens is 1. The van der Waals surface area contributed by atoms with Gasteiger partial charge < -0.3 is 24.8 Å². The second-order valence-corrected chi connectivity index (χ2v) is 13.1. The number of hydrogen-bond acceptors (Lipinski definition) is 9. The highest BCUT2D eigenvalue weighted by Crippen LogP contribution is 2.61. The summed E-state index contributed by atoms with van der Waals surface area (Å²) in [5.41, 5.74) is 10.6. The third kappa shape index (κ3) is 3.96. The van der Waals surface area contributed by atoms with Crippen LogP contribution in [-0.2, 0) is 33.5 Å². The summed E-state index contributed by atoms with van der Waals surface area (Å²) in [6.45, 7) is 4.13. The van der Waals surface area contributed by atoms with Crippen LogP contribution in [0.3, 0.4) is 0 Å². The zero-order valence-corrected chi connectivity index (χ0v) is 23.5. The van der Waals surface area contributed by atoms with Gasteiger partial charge in [-0.05, 0) is 68.5 Å². The van der Waals surface area contributed by atoms with E-state index in [2.05, 4.69) is 21.9 Å². The summed E-state index contributed by atoms with van der Waals surface area (Å²) in [5, 5.41) is 10.2. The second-order valence-electron chi connectivity index (χ2n) is 13.1. The summed E-state index contributed by atoms with van der Waals surface area (Å²) in [7, 11) is 0. The van der Waals surface area contributed by atoms with Crippen molar-refractivity contribution in [3.8, 4) is 12.1 Å². The monoisotopic (exact) mass is 560 g/mol. The van der Waals surface area contributed by atoms with E-state index in [-0.39, 0.29) is 11.0 Å². The maximum absolute atomic E-state index is 14.4. The van der Waals surface area contributed by atoms with Crippen molar-refractivity contribution >= 4 is 11.5 Å². The Bertz CT molecular complexity index is 1440. The number of nitrogens with zero attached hydrogens (tertiary/aromatic N) is 5. The Morgan fingerprint density at radius 1 is 1.15 bits per heavy atom. The van der Waals surface area contributed by atoms with Crippen molar-refractivity contribution in [1.29, 1.82) is 5.26 Å². The number of nitrogens with two attached hydrogens (primary N) is 1. The average molecular weight is 561 g/mol. The minimum Gasteiger partial charge on any atom is -0.461 e. The van der Waals surface area contributed by atoms with Gasteiger partial charge in [0.1, 0.15) is 37.0 Å². The van der Waals surface area contributed by atoms with Crippen LogP contribution in [0, 0.1) is 11.3 Å². The van der Waals surface area contributed by atoms with Crippen molar-refractivity contribution in [2.24, 2.45) is 0 Å². The van der Waals surface area contributed by atoms with E-state index < -0.39 is 11.8 Å². The van der Waals surface area contributed by atoms with Gasteiger partial charge in [-0.25, -0.2) is 4.39 Å². The maximum Gasteiger partial charge on any atom is 0.318 e. The normalized spacial score (nSPS) is 31.5. The maximum atomic E-state index is 14.4. The summed E-state index contributed by atoms with van der Waals surface area (Å²) < 4.78 is 33.4. The molecule has 1 aromatic carbocycles. The largest absolute Gasteiger partial charge is 0.461 e. The summed E-state index contributed by atoms with van der Waals surface area (Å²) in [6, 6.07) is 6.74. The molecule has 2 N–H and O–H groups in total. The number of benzene rings is 1. The number of aromatic nitrogens is 2. The van der Waals surface area contributed by atoms with Crippen LogP contribution in [0.25, 0.3) is 0 Å². The first kappa shape index (κ1) is 25.7. The van der Waals surface area contributed by atoms with E-state index in [0.29, 0.717) is 56.6 Å². The van der Waals surface area contributed by atoms with Crippen molar-refractivity contribution in [3.63, 3.8) is 0 Å². The zero-order chi connectivity index (χ0) is 27.8. The molecule has 10 heteroatoms. The van der Waals surface area contributed by atoms with Gasteiger partial charge in [-0.2, -0.15) is 15.2 Å². The van der Waals surface area contributed by atoms with Crippen molar-refractivity contribution in [1.82, 2.24) is 14.9 Å². The van der Waals surface area contributed by atoms with Crippen molar-refractivity contribution < 1.29 is 18.6 Å². The molecule has 0 amide bonds. The minimum atomic E-state index is -0.815. The van der Waals surface area contributed by atoms with Crippen LogP contribution in [0.5, 0.6) is 6.01 Å². The number of ether oxygens (including phenoxy) is 3. The van der Waals surface area contributed by atoms with Crippen LogP contribution in [-0.4, -0.2) is 66.2 Å². The predicted molar refractivity (Wildman–Crippen MR) is 149 cm³/mol. The molecule has 2 aliphatic carbocycles. The quantitative estimate of drug-likeness (QED) is 0.558. The highest BCUT2D eigenvalue weighted by molar-refractivity contribution is 5.65. The number of alkyl halides is 1. The molecule has 6 aliphatic rings. The van der Waals surface area contributed by atoms with Crippen LogP contribution in [0.1, 0.15) is 79.3 Å². The molecule has 1 saturated carbocycles. The SMILES string of the molecule is N#Cc1c(N)ccc2c1C1(CCC23CC3)Cc2nc(OCC34CCCN3CC(F)C4)nc(N3CCCOC3)c2CO1. The number of nitrogen functional groups attached to an aromatic ring is 1. The molecule has 2 spiro atoms. The fraction of sp³-hybridized carbons (Fsp3) is 0.645. The van der Waals surface area contributed by atoms with E-state index >= 15 is 0 Å². The van der Waals surface area contributed by atoms with Crippen LogP contribution in [0.4, 0.5) is 15.9 Å². The van der Waals surface area contributed by atoms with Crippen LogP contribution in [0.15, 0.2) is 12.1 Å². The van der Waals surface area contributed by atoms with Gasteiger partial charge >= 0.3 is 6.01 Å². The lowest BCUT2D eigenvalue weighted by Crippen LogP contribution is -2.44. The lowest BCUT2D eigenvalue weighted by molar-refractivity contribution is -0.0887. The van der Waals surface area contributed by atoms with E-state index in [9.17, 15) is 9.65 Å². The Morgan fingerprint density at radius 3 is 2.83 bits per heavy atom. The first-order valence-electron chi connectivity index (χ1n) is 15.2. The molecule has 0 radical (unpaired) electrons. The minimum absolute atomic E-state index is 0.141. The molecule has 3 atom stereocenters. The molecule has 0 bridgehead atoms. The molecular formula is C31H37FN6O3. The van der Waals surface area contributed by atoms with Crippen molar-refractivity contribution in [2.45, 2.75) is 87.1 Å². The molecule has 41 heavy (non-hydrogen) atoms. The molecule has 3 unspecified atom stereocenters. The van der Waals surface area contributed by atoms with E-state index in [1.54, 1.807) is 0 Å². The third-order valence-electron chi connectivity index (χ3n) is 10.7. The van der Waals surface area contributed by atoms with Gasteiger partial charge in [0.15, 0.2) is 0 Å². The number of fused-ring (bicyclic) bond motifs is 5. The molecule has 5 heterocycles. The average Bonchev–Trinajstić information content (AvgIpc) is 3.57. The van der Waals surface area contributed by atoms with Gasteiger partial charge in [0.25, 0.3) is 0 Å². The smallest absolute Gasteiger partial charge is 0.318 e. The van der Waals surface area contributed by atoms with Gasteiger partial charge in [-0.3, -0.25) is 4.90 Å². The molecule has 2 aromatic rings. The molecule has 1 aromatic heterocycles. The van der Waals surface area contributed by atoms with Crippen LogP contribution >= 0.6 is 0 Å². The Kier molecular flexibility index (Phi) is 5.80. The van der Waals surface area contributed by atoms with Gasteiger partial charge in [0.05, 0.1) is 30.0 Å². The number of anilines is 2. The van der Waals surface area contributed by atoms with Gasteiger partial charge in [-0.15, -0.1) is 0 Å². The lowest BCUT2D eigenvalue weighted by atomic mass is 9.67. The zero-order valence-electron chi connectivity index (χ0n) is 23.5. The van der Waals surface area contributed by atoms with Gasteiger partial charge in [0, 0.05) is 42.7 Å². The topological polar surface area (TPSA) is 110 Å². The summed E-state index contributed by atoms with van der Waals surface area (Å²) in [5.74, 6) is 0.790. The van der Waals surface area contributed by atoms with E-state index in [1.807, 2.05) is 6.07 Å². The standard InChI is InChI=1S/C31H37FN6O3/c32-20-13-30(5-1-11-38(30)16-20)18-40-28-35-25-14-31(41-17-22(25)27(36-28)37-10-2-12-39-19-37)9-8-29(6-7-29)23-3-4-24(34)21(15-33)26(23)31/h3-4,20H,1-2,5-14,16-19,34H2. The number of hydrogen-bond donors (Lipinski definition) is 1.